The summed E-state index contributed by atoms with van der Waals surface area (Å²) in [5.41, 5.74) is 0.598. The van der Waals surface area contributed by atoms with Gasteiger partial charge in [0.05, 0.1) is 16.1 Å². The minimum atomic E-state index is -1.18. The topological polar surface area (TPSA) is 83.8 Å². The second-order valence-electron chi connectivity index (χ2n) is 4.29. The number of hydrogen-bond donors (Lipinski definition) is 2. The van der Waals surface area contributed by atoms with Gasteiger partial charge < -0.3 is 15.3 Å². The first-order chi connectivity index (χ1) is 9.31. The number of carboxylic acid groups (broad SMARTS) is 1. The van der Waals surface area contributed by atoms with Gasteiger partial charge in [-0.1, -0.05) is 28.4 Å². The Bertz CT molecular complexity index is 521. The number of hydrogen-bond acceptors (Lipinski definition) is 4. The van der Waals surface area contributed by atoms with Gasteiger partial charge in [0.15, 0.2) is 0 Å². The summed E-state index contributed by atoms with van der Waals surface area (Å²) < 4.78 is 0. The first-order valence-electron chi connectivity index (χ1n) is 5.85. The van der Waals surface area contributed by atoms with Crippen LogP contribution in [0.25, 0.3) is 0 Å². The summed E-state index contributed by atoms with van der Waals surface area (Å²) in [7, 11) is 0. The Morgan fingerprint density at radius 3 is 2.60 bits per heavy atom. The van der Waals surface area contributed by atoms with Gasteiger partial charge in [0.2, 0.25) is 0 Å². The Kier molecular flexibility index (Phi) is 6.04. The Morgan fingerprint density at radius 1 is 1.45 bits per heavy atom. The van der Waals surface area contributed by atoms with E-state index in [0.717, 1.165) is 0 Å². The van der Waals surface area contributed by atoms with Crippen molar-refractivity contribution in [2.75, 3.05) is 0 Å². The third-order valence-electron chi connectivity index (χ3n) is 2.16. The molecule has 0 aliphatic carbocycles. The van der Waals surface area contributed by atoms with Gasteiger partial charge in [0, 0.05) is 6.20 Å². The Morgan fingerprint density at radius 2 is 2.10 bits per heavy atom. The van der Waals surface area contributed by atoms with Gasteiger partial charge in [-0.05, 0) is 26.8 Å². The number of carbonyl (C=O) groups is 1. The molecule has 0 saturated heterocycles. The highest BCUT2D eigenvalue weighted by molar-refractivity contribution is 6.36. The molecule has 0 radical (unpaired) electrons. The van der Waals surface area contributed by atoms with Crippen molar-refractivity contribution in [2.24, 2.45) is 5.16 Å². The third kappa shape index (κ3) is 4.86. The SMILES string of the molecule is CC(C)O/N=C(\c1ncc(Cl)cc1Cl)[C@H](C)NC(=O)O. The quantitative estimate of drug-likeness (QED) is 0.645. The molecule has 0 fully saturated rings. The van der Waals surface area contributed by atoms with Crippen molar-refractivity contribution in [3.63, 3.8) is 0 Å². The Labute approximate surface area is 126 Å². The predicted octanol–water partition coefficient (Wildman–Crippen LogP) is 3.17. The van der Waals surface area contributed by atoms with Gasteiger partial charge in [-0.25, -0.2) is 4.79 Å². The minimum absolute atomic E-state index is 0.159. The molecule has 20 heavy (non-hydrogen) atoms. The fourth-order valence-corrected chi connectivity index (χ4v) is 1.82. The maximum atomic E-state index is 10.7. The lowest BCUT2D eigenvalue weighted by atomic mass is 10.1. The van der Waals surface area contributed by atoms with Crippen LogP contribution in [0.3, 0.4) is 0 Å². The summed E-state index contributed by atoms with van der Waals surface area (Å²) in [6, 6.07) is 0.863. The maximum Gasteiger partial charge on any atom is 0.405 e. The van der Waals surface area contributed by atoms with Gasteiger partial charge in [0.1, 0.15) is 17.5 Å². The van der Waals surface area contributed by atoms with E-state index in [1.54, 1.807) is 20.8 Å². The van der Waals surface area contributed by atoms with Crippen LogP contribution in [0.15, 0.2) is 17.4 Å². The van der Waals surface area contributed by atoms with Crippen LogP contribution in [0.1, 0.15) is 26.5 Å². The van der Waals surface area contributed by atoms with E-state index < -0.39 is 12.1 Å². The third-order valence-corrected chi connectivity index (χ3v) is 2.66. The summed E-state index contributed by atoms with van der Waals surface area (Å²) >= 11 is 11.8. The summed E-state index contributed by atoms with van der Waals surface area (Å²) in [6.45, 7) is 5.21. The molecule has 8 heteroatoms. The zero-order valence-corrected chi connectivity index (χ0v) is 12.7. The van der Waals surface area contributed by atoms with Crippen molar-refractivity contribution in [3.05, 3.63) is 28.0 Å². The fourth-order valence-electron chi connectivity index (χ4n) is 1.35. The van der Waals surface area contributed by atoms with Gasteiger partial charge in [-0.3, -0.25) is 4.98 Å². The van der Waals surface area contributed by atoms with Crippen LogP contribution in [0.2, 0.25) is 10.0 Å². The highest BCUT2D eigenvalue weighted by atomic mass is 35.5. The first-order valence-corrected chi connectivity index (χ1v) is 6.61. The number of nitrogens with one attached hydrogen (secondary N) is 1. The number of halogens is 2. The van der Waals surface area contributed by atoms with E-state index in [0.29, 0.717) is 10.7 Å². The van der Waals surface area contributed by atoms with E-state index in [2.05, 4.69) is 15.5 Å². The van der Waals surface area contributed by atoms with Crippen molar-refractivity contribution < 1.29 is 14.7 Å². The molecule has 0 bridgehead atoms. The molecule has 1 amide bonds. The molecule has 0 aromatic carbocycles. The van der Waals surface area contributed by atoms with Gasteiger partial charge in [-0.15, -0.1) is 0 Å². The molecule has 1 aromatic heterocycles. The lowest BCUT2D eigenvalue weighted by Gasteiger charge is -2.15. The van der Waals surface area contributed by atoms with Crippen molar-refractivity contribution in [2.45, 2.75) is 32.9 Å². The van der Waals surface area contributed by atoms with E-state index in [9.17, 15) is 4.79 Å². The molecule has 1 atom stereocenters. The number of amides is 1. The fraction of sp³-hybridized carbons (Fsp3) is 0.417. The van der Waals surface area contributed by atoms with Crippen LogP contribution >= 0.6 is 23.2 Å². The molecule has 110 valence electrons. The zero-order valence-electron chi connectivity index (χ0n) is 11.2. The molecule has 2 N–H and O–H groups in total. The largest absolute Gasteiger partial charge is 0.465 e. The molecule has 1 aromatic rings. The Balaban J connectivity index is 3.15. The second kappa shape index (κ2) is 7.31. The number of pyridine rings is 1. The monoisotopic (exact) mass is 319 g/mol. The van der Waals surface area contributed by atoms with Crippen LogP contribution in [-0.2, 0) is 4.84 Å². The lowest BCUT2D eigenvalue weighted by Crippen LogP contribution is -2.38. The van der Waals surface area contributed by atoms with Crippen LogP contribution in [0.4, 0.5) is 4.79 Å². The van der Waals surface area contributed by atoms with Crippen molar-refractivity contribution >= 4 is 35.0 Å². The van der Waals surface area contributed by atoms with E-state index in [1.165, 1.54) is 12.3 Å². The molecule has 1 heterocycles. The summed E-state index contributed by atoms with van der Waals surface area (Å²) in [6.07, 6.45) is 0.0640. The molecule has 0 spiro atoms. The molecule has 0 saturated carbocycles. The molecule has 6 nitrogen and oxygen atoms in total. The van der Waals surface area contributed by atoms with Crippen molar-refractivity contribution in [1.82, 2.24) is 10.3 Å². The number of rotatable bonds is 5. The first kappa shape index (κ1) is 16.5. The lowest BCUT2D eigenvalue weighted by molar-refractivity contribution is 0.0852. The van der Waals surface area contributed by atoms with E-state index in [1.807, 2.05) is 0 Å². The van der Waals surface area contributed by atoms with Gasteiger partial charge in [-0.2, -0.15) is 0 Å². The second-order valence-corrected chi connectivity index (χ2v) is 5.13. The average Bonchev–Trinajstić information content (AvgIpc) is 2.30. The molecule has 0 unspecified atom stereocenters. The minimum Gasteiger partial charge on any atom is -0.465 e. The van der Waals surface area contributed by atoms with Crippen LogP contribution in [0, 0.1) is 0 Å². The van der Waals surface area contributed by atoms with Crippen LogP contribution in [-0.4, -0.2) is 34.0 Å². The standard InChI is InChI=1S/C12H15Cl2N3O3/c1-6(2)20-17-10(7(3)16-12(18)19)11-9(14)4-8(13)5-15-11/h4-7,16H,1-3H3,(H,18,19)/b17-10-/t7-/m0/s1. The maximum absolute atomic E-state index is 10.7. The number of aromatic nitrogens is 1. The Hall–Kier alpha value is -1.53. The van der Waals surface area contributed by atoms with Crippen LogP contribution < -0.4 is 5.32 Å². The number of nitrogens with zero attached hydrogens (tertiary/aromatic N) is 2. The highest BCUT2D eigenvalue weighted by Gasteiger charge is 2.20. The summed E-state index contributed by atoms with van der Waals surface area (Å²) in [5, 5.41) is 15.7. The van der Waals surface area contributed by atoms with Gasteiger partial charge >= 0.3 is 6.09 Å². The summed E-state index contributed by atoms with van der Waals surface area (Å²) in [4.78, 5) is 20.0. The van der Waals surface area contributed by atoms with Crippen molar-refractivity contribution in [1.29, 1.82) is 0 Å². The molecule has 0 aliphatic heterocycles. The highest BCUT2D eigenvalue weighted by Crippen LogP contribution is 2.20. The van der Waals surface area contributed by atoms with Gasteiger partial charge in [0.25, 0.3) is 0 Å². The zero-order chi connectivity index (χ0) is 15.3. The summed E-state index contributed by atoms with van der Waals surface area (Å²) in [5.74, 6) is 0. The number of oxime groups is 1. The van der Waals surface area contributed by atoms with E-state index in [-0.39, 0.29) is 16.8 Å². The van der Waals surface area contributed by atoms with Crippen LogP contribution in [0.5, 0.6) is 0 Å². The van der Waals surface area contributed by atoms with E-state index in [4.69, 9.17) is 33.1 Å². The molecule has 1 rings (SSSR count). The smallest absolute Gasteiger partial charge is 0.405 e. The molecule has 0 aliphatic rings. The average molecular weight is 320 g/mol. The van der Waals surface area contributed by atoms with Crippen molar-refractivity contribution in [3.8, 4) is 0 Å². The van der Waals surface area contributed by atoms with E-state index >= 15 is 0 Å². The normalized spacial score (nSPS) is 13.2. The predicted molar refractivity (Wildman–Crippen MR) is 77.6 cm³/mol. The molecular weight excluding hydrogens is 305 g/mol. The molecular formula is C12H15Cl2N3O3.